The molecule has 130 valence electrons. The Labute approximate surface area is 149 Å². The second kappa shape index (κ2) is 4.46. The van der Waals surface area contributed by atoms with E-state index in [-0.39, 0.29) is 19.6 Å². The Bertz CT molecular complexity index is 1270. The first-order valence-corrected chi connectivity index (χ1v) is 10.7. The van der Waals surface area contributed by atoms with Gasteiger partial charge in [-0.25, -0.2) is 16.8 Å². The van der Waals surface area contributed by atoms with E-state index >= 15 is 0 Å². The molecule has 0 saturated heterocycles. The summed E-state index contributed by atoms with van der Waals surface area (Å²) in [7, 11) is -7.51. The number of fused-ring (bicyclic) bond motifs is 6. The average Bonchev–Trinajstić information content (AvgIpc) is 2.93. The fourth-order valence-electron chi connectivity index (χ4n) is 3.63. The summed E-state index contributed by atoms with van der Waals surface area (Å²) in [5, 5.41) is 0. The third-order valence-corrected chi connectivity index (χ3v) is 8.50. The Kier molecular flexibility index (Phi) is 2.65. The number of nitrogen functional groups attached to an aromatic ring is 2. The quantitative estimate of drug-likeness (QED) is 0.396. The Morgan fingerprint density at radius 3 is 1.23 bits per heavy atom. The number of sulfone groups is 2. The van der Waals surface area contributed by atoms with Crippen molar-refractivity contribution in [1.29, 1.82) is 0 Å². The number of nitrogens with two attached hydrogens (primary N) is 2. The minimum absolute atomic E-state index is 0.0942. The van der Waals surface area contributed by atoms with Crippen LogP contribution >= 0.6 is 0 Å². The van der Waals surface area contributed by atoms with Crippen molar-refractivity contribution in [3.63, 3.8) is 0 Å². The molecular formula is C18H12N2O4S2. The lowest BCUT2D eigenvalue weighted by Gasteiger charge is -2.04. The molecule has 6 nitrogen and oxygen atoms in total. The molecule has 0 fully saturated rings. The van der Waals surface area contributed by atoms with Crippen molar-refractivity contribution >= 4 is 31.0 Å². The fraction of sp³-hybridized carbons (Fsp3) is 0. The van der Waals surface area contributed by atoms with Crippen LogP contribution in [0.3, 0.4) is 0 Å². The molecule has 3 aromatic carbocycles. The van der Waals surface area contributed by atoms with E-state index in [0.29, 0.717) is 33.6 Å². The highest BCUT2D eigenvalue weighted by molar-refractivity contribution is 7.92. The number of benzene rings is 3. The van der Waals surface area contributed by atoms with E-state index in [9.17, 15) is 16.8 Å². The molecule has 3 aromatic rings. The van der Waals surface area contributed by atoms with Crippen LogP contribution in [0.15, 0.2) is 68.1 Å². The summed E-state index contributed by atoms with van der Waals surface area (Å²) in [5.41, 5.74) is 13.8. The summed E-state index contributed by atoms with van der Waals surface area (Å²) in [6.45, 7) is 0. The molecule has 2 aliphatic rings. The monoisotopic (exact) mass is 384 g/mol. The molecule has 5 rings (SSSR count). The normalized spacial score (nSPS) is 17.2. The summed E-state index contributed by atoms with van der Waals surface area (Å²) in [6, 6.07) is 12.1. The first-order chi connectivity index (χ1) is 12.2. The van der Waals surface area contributed by atoms with Gasteiger partial charge in [-0.3, -0.25) is 0 Å². The molecule has 0 spiro atoms. The van der Waals surface area contributed by atoms with E-state index in [0.717, 1.165) is 0 Å². The molecular weight excluding hydrogens is 372 g/mol. The zero-order valence-electron chi connectivity index (χ0n) is 13.2. The standard InChI is InChI=1S/C18H12N2O4S2/c19-9-1-3-11-13-7-18-14(8-17(13)25(21,22)15(11)5-9)12-4-2-10(20)6-16(12)26(18,23)24/h1-8H,19-20H2. The second-order valence-corrected chi connectivity index (χ2v) is 10.1. The van der Waals surface area contributed by atoms with Crippen LogP contribution < -0.4 is 11.5 Å². The molecule has 0 amide bonds. The van der Waals surface area contributed by atoms with Crippen LogP contribution in [0.25, 0.3) is 22.3 Å². The van der Waals surface area contributed by atoms with Gasteiger partial charge >= 0.3 is 0 Å². The molecule has 0 saturated carbocycles. The predicted molar refractivity (Wildman–Crippen MR) is 97.0 cm³/mol. The SMILES string of the molecule is Nc1ccc2c(c1)S(=O)(=O)c1cc3c(cc1-2)S(=O)(=O)c1cc(N)ccc1-3. The second-order valence-electron chi connectivity index (χ2n) is 6.36. The molecule has 2 heterocycles. The van der Waals surface area contributed by atoms with Crippen LogP contribution in [0, 0.1) is 0 Å². The van der Waals surface area contributed by atoms with Gasteiger partial charge in [0.05, 0.1) is 19.6 Å². The maximum Gasteiger partial charge on any atom is 0.207 e. The van der Waals surface area contributed by atoms with Crippen LogP contribution in [0.2, 0.25) is 0 Å². The third kappa shape index (κ3) is 1.70. The third-order valence-electron chi connectivity index (χ3n) is 4.83. The molecule has 26 heavy (non-hydrogen) atoms. The highest BCUT2D eigenvalue weighted by Gasteiger charge is 2.39. The van der Waals surface area contributed by atoms with Gasteiger partial charge in [0.2, 0.25) is 19.7 Å². The minimum atomic E-state index is -3.76. The molecule has 0 aliphatic carbocycles. The van der Waals surface area contributed by atoms with Crippen LogP contribution in [0.5, 0.6) is 0 Å². The van der Waals surface area contributed by atoms with Crippen molar-refractivity contribution in [2.45, 2.75) is 19.6 Å². The van der Waals surface area contributed by atoms with Crippen LogP contribution in [0.1, 0.15) is 0 Å². The molecule has 0 radical (unpaired) electrons. The molecule has 4 N–H and O–H groups in total. The van der Waals surface area contributed by atoms with Crippen molar-refractivity contribution in [3.8, 4) is 22.3 Å². The number of rotatable bonds is 0. The smallest absolute Gasteiger partial charge is 0.207 e. The van der Waals surface area contributed by atoms with Crippen molar-refractivity contribution in [2.75, 3.05) is 11.5 Å². The summed E-state index contributed by atoms with van der Waals surface area (Å²) in [4.78, 5) is 0.394. The van der Waals surface area contributed by atoms with Gasteiger partial charge in [0.1, 0.15) is 0 Å². The Morgan fingerprint density at radius 2 is 0.846 bits per heavy atom. The van der Waals surface area contributed by atoms with Gasteiger partial charge in [-0.2, -0.15) is 0 Å². The topological polar surface area (TPSA) is 120 Å². The van der Waals surface area contributed by atoms with Crippen LogP contribution in [-0.2, 0) is 19.7 Å². The zero-order chi connectivity index (χ0) is 18.4. The lowest BCUT2D eigenvalue weighted by molar-refractivity contribution is 0.596. The summed E-state index contributed by atoms with van der Waals surface area (Å²) < 4.78 is 51.7. The lowest BCUT2D eigenvalue weighted by Crippen LogP contribution is -1.99. The Balaban J connectivity index is 1.91. The van der Waals surface area contributed by atoms with Crippen LogP contribution in [-0.4, -0.2) is 16.8 Å². The van der Waals surface area contributed by atoms with Gasteiger partial charge < -0.3 is 11.5 Å². The maximum absolute atomic E-state index is 12.9. The van der Waals surface area contributed by atoms with Gasteiger partial charge in [-0.05, 0) is 36.4 Å². The largest absolute Gasteiger partial charge is 0.399 e. The molecule has 2 aliphatic heterocycles. The fourth-order valence-corrected chi connectivity index (χ4v) is 7.08. The average molecular weight is 384 g/mol. The van der Waals surface area contributed by atoms with Crippen molar-refractivity contribution in [2.24, 2.45) is 0 Å². The van der Waals surface area contributed by atoms with E-state index < -0.39 is 19.7 Å². The van der Waals surface area contributed by atoms with Crippen molar-refractivity contribution in [1.82, 2.24) is 0 Å². The molecule has 0 unspecified atom stereocenters. The summed E-state index contributed by atoms with van der Waals surface area (Å²) >= 11 is 0. The lowest BCUT2D eigenvalue weighted by atomic mass is 10.00. The zero-order valence-corrected chi connectivity index (χ0v) is 14.9. The highest BCUT2D eigenvalue weighted by Crippen LogP contribution is 2.51. The highest BCUT2D eigenvalue weighted by atomic mass is 32.2. The molecule has 0 bridgehead atoms. The van der Waals surface area contributed by atoms with E-state index in [1.54, 1.807) is 24.3 Å². The van der Waals surface area contributed by atoms with Crippen LogP contribution in [0.4, 0.5) is 11.4 Å². The van der Waals surface area contributed by atoms with E-state index in [1.807, 2.05) is 0 Å². The molecule has 0 aromatic heterocycles. The number of anilines is 2. The number of hydrogen-bond acceptors (Lipinski definition) is 6. The van der Waals surface area contributed by atoms with E-state index in [2.05, 4.69) is 0 Å². The molecule has 8 heteroatoms. The van der Waals surface area contributed by atoms with Crippen molar-refractivity contribution in [3.05, 3.63) is 48.5 Å². The van der Waals surface area contributed by atoms with Gasteiger partial charge in [0.15, 0.2) is 0 Å². The summed E-state index contributed by atoms with van der Waals surface area (Å²) in [5.74, 6) is 0. The van der Waals surface area contributed by atoms with E-state index in [4.69, 9.17) is 11.5 Å². The summed E-state index contributed by atoms with van der Waals surface area (Å²) in [6.07, 6.45) is 0. The van der Waals surface area contributed by atoms with Gasteiger partial charge in [0, 0.05) is 33.6 Å². The number of hydrogen-bond donors (Lipinski definition) is 2. The Morgan fingerprint density at radius 1 is 0.500 bits per heavy atom. The first-order valence-electron chi connectivity index (χ1n) is 7.69. The van der Waals surface area contributed by atoms with E-state index in [1.165, 1.54) is 24.3 Å². The molecule has 0 atom stereocenters. The minimum Gasteiger partial charge on any atom is -0.399 e. The van der Waals surface area contributed by atoms with Crippen molar-refractivity contribution < 1.29 is 16.8 Å². The predicted octanol–water partition coefficient (Wildman–Crippen LogP) is 2.48. The van der Waals surface area contributed by atoms with Gasteiger partial charge in [-0.15, -0.1) is 0 Å². The first kappa shape index (κ1) is 15.4. The Hall–Kier alpha value is -2.84. The van der Waals surface area contributed by atoms with Gasteiger partial charge in [0.25, 0.3) is 0 Å². The maximum atomic E-state index is 12.9. The van der Waals surface area contributed by atoms with Gasteiger partial charge in [-0.1, -0.05) is 12.1 Å².